The van der Waals surface area contributed by atoms with Gasteiger partial charge in [-0.15, -0.1) is 0 Å². The number of nitro groups is 1. The van der Waals surface area contributed by atoms with Gasteiger partial charge in [0, 0.05) is 24.1 Å². The van der Waals surface area contributed by atoms with Crippen molar-refractivity contribution in [2.24, 2.45) is 0 Å². The summed E-state index contributed by atoms with van der Waals surface area (Å²) in [5.41, 5.74) is 0.840. The van der Waals surface area contributed by atoms with Gasteiger partial charge >= 0.3 is 0 Å². The van der Waals surface area contributed by atoms with Gasteiger partial charge in [0.05, 0.1) is 4.92 Å². The fourth-order valence-electron chi connectivity index (χ4n) is 1.51. The van der Waals surface area contributed by atoms with Crippen molar-refractivity contribution in [2.45, 2.75) is 19.8 Å². The smallest absolute Gasteiger partial charge is 0.263 e. The monoisotopic (exact) mass is 232 g/mol. The Morgan fingerprint density at radius 2 is 2.06 bits per heavy atom. The van der Waals surface area contributed by atoms with Crippen LogP contribution in [0.15, 0.2) is 24.3 Å². The standard InChI is InChI=1S/C11H12N4O2/c1-2-3-10-12-11(14-13-10)8-4-6-9(7-5-8)15(16)17/h4-7H,2-3H2,1H3,(H,12,13,14). The van der Waals surface area contributed by atoms with E-state index in [0.29, 0.717) is 5.82 Å². The SMILES string of the molecule is CCCc1nc(-c2ccc([N+](=O)[O-])cc2)n[nH]1. The number of nitro benzene ring substituents is 1. The molecule has 0 saturated heterocycles. The zero-order valence-electron chi connectivity index (χ0n) is 9.38. The minimum atomic E-state index is -0.426. The maximum atomic E-state index is 10.5. The number of nitrogens with one attached hydrogen (secondary N) is 1. The van der Waals surface area contributed by atoms with Gasteiger partial charge < -0.3 is 0 Å². The lowest BCUT2D eigenvalue weighted by Gasteiger charge is -1.94. The third kappa shape index (κ3) is 2.47. The first-order valence-corrected chi connectivity index (χ1v) is 5.37. The van der Waals surface area contributed by atoms with Crippen molar-refractivity contribution in [2.75, 3.05) is 0 Å². The quantitative estimate of drug-likeness (QED) is 0.647. The molecule has 2 rings (SSSR count). The van der Waals surface area contributed by atoms with Crippen LogP contribution in [0.4, 0.5) is 5.69 Å². The lowest BCUT2D eigenvalue weighted by Crippen LogP contribution is -1.88. The van der Waals surface area contributed by atoms with E-state index in [0.717, 1.165) is 24.2 Å². The molecule has 0 amide bonds. The van der Waals surface area contributed by atoms with Crippen molar-refractivity contribution in [3.63, 3.8) is 0 Å². The highest BCUT2D eigenvalue weighted by Gasteiger charge is 2.08. The second-order valence-electron chi connectivity index (χ2n) is 3.66. The Labute approximate surface area is 97.9 Å². The zero-order chi connectivity index (χ0) is 12.3. The minimum Gasteiger partial charge on any atom is -0.263 e. The fourth-order valence-corrected chi connectivity index (χ4v) is 1.51. The average molecular weight is 232 g/mol. The summed E-state index contributed by atoms with van der Waals surface area (Å²) in [4.78, 5) is 14.4. The first-order chi connectivity index (χ1) is 8.20. The molecule has 1 heterocycles. The van der Waals surface area contributed by atoms with Crippen molar-refractivity contribution < 1.29 is 4.92 Å². The lowest BCUT2D eigenvalue weighted by molar-refractivity contribution is -0.384. The molecule has 88 valence electrons. The van der Waals surface area contributed by atoms with Crippen LogP contribution in [0.2, 0.25) is 0 Å². The molecule has 0 spiro atoms. The molecule has 0 unspecified atom stereocenters. The van der Waals surface area contributed by atoms with Crippen LogP contribution in [-0.4, -0.2) is 20.1 Å². The summed E-state index contributed by atoms with van der Waals surface area (Å²) in [6.07, 6.45) is 1.84. The number of nitrogens with zero attached hydrogens (tertiary/aromatic N) is 3. The highest BCUT2D eigenvalue weighted by Crippen LogP contribution is 2.19. The van der Waals surface area contributed by atoms with Crippen LogP contribution < -0.4 is 0 Å². The van der Waals surface area contributed by atoms with Crippen LogP contribution in [0.1, 0.15) is 19.2 Å². The van der Waals surface area contributed by atoms with E-state index in [4.69, 9.17) is 0 Å². The second kappa shape index (κ2) is 4.73. The first-order valence-electron chi connectivity index (χ1n) is 5.37. The van der Waals surface area contributed by atoms with E-state index in [1.165, 1.54) is 12.1 Å². The van der Waals surface area contributed by atoms with Crippen molar-refractivity contribution in [1.82, 2.24) is 15.2 Å². The van der Waals surface area contributed by atoms with Gasteiger partial charge in [-0.05, 0) is 18.6 Å². The summed E-state index contributed by atoms with van der Waals surface area (Å²) in [7, 11) is 0. The Morgan fingerprint density at radius 3 is 2.65 bits per heavy atom. The van der Waals surface area contributed by atoms with Crippen LogP contribution in [0.5, 0.6) is 0 Å². The number of aryl methyl sites for hydroxylation is 1. The minimum absolute atomic E-state index is 0.0677. The summed E-state index contributed by atoms with van der Waals surface area (Å²) in [6.45, 7) is 2.06. The summed E-state index contributed by atoms with van der Waals surface area (Å²) in [5, 5.41) is 17.4. The normalized spacial score (nSPS) is 10.4. The van der Waals surface area contributed by atoms with Crippen molar-refractivity contribution in [3.05, 3.63) is 40.2 Å². The van der Waals surface area contributed by atoms with E-state index < -0.39 is 4.92 Å². The van der Waals surface area contributed by atoms with E-state index in [9.17, 15) is 10.1 Å². The predicted molar refractivity (Wildman–Crippen MR) is 62.5 cm³/mol. The number of hydrogen-bond donors (Lipinski definition) is 1. The predicted octanol–water partition coefficient (Wildman–Crippen LogP) is 2.33. The highest BCUT2D eigenvalue weighted by atomic mass is 16.6. The molecule has 6 heteroatoms. The molecule has 1 aromatic heterocycles. The van der Waals surface area contributed by atoms with Gasteiger partial charge in [-0.25, -0.2) is 4.98 Å². The summed E-state index contributed by atoms with van der Waals surface area (Å²) >= 11 is 0. The summed E-state index contributed by atoms with van der Waals surface area (Å²) in [6, 6.07) is 6.20. The molecule has 0 aliphatic rings. The first kappa shape index (κ1) is 11.3. The molecule has 6 nitrogen and oxygen atoms in total. The maximum Gasteiger partial charge on any atom is 0.269 e. The van der Waals surface area contributed by atoms with E-state index in [1.54, 1.807) is 12.1 Å². The number of rotatable bonds is 4. The van der Waals surface area contributed by atoms with Crippen LogP contribution in [0.3, 0.4) is 0 Å². The molecular weight excluding hydrogens is 220 g/mol. The number of hydrogen-bond acceptors (Lipinski definition) is 4. The molecule has 2 aromatic rings. The Kier molecular flexibility index (Phi) is 3.13. The van der Waals surface area contributed by atoms with Gasteiger partial charge in [-0.3, -0.25) is 15.2 Å². The zero-order valence-corrected chi connectivity index (χ0v) is 9.38. The van der Waals surface area contributed by atoms with E-state index in [2.05, 4.69) is 22.1 Å². The van der Waals surface area contributed by atoms with E-state index in [1.807, 2.05) is 0 Å². The molecule has 17 heavy (non-hydrogen) atoms. The third-order valence-electron chi connectivity index (χ3n) is 2.35. The van der Waals surface area contributed by atoms with Crippen molar-refractivity contribution in [1.29, 1.82) is 0 Å². The van der Waals surface area contributed by atoms with Gasteiger partial charge in [0.25, 0.3) is 5.69 Å². The van der Waals surface area contributed by atoms with Crippen molar-refractivity contribution in [3.8, 4) is 11.4 Å². The molecule has 0 saturated carbocycles. The molecular formula is C11H12N4O2. The van der Waals surface area contributed by atoms with E-state index in [-0.39, 0.29) is 5.69 Å². The van der Waals surface area contributed by atoms with Crippen LogP contribution in [0.25, 0.3) is 11.4 Å². The number of benzene rings is 1. The van der Waals surface area contributed by atoms with Crippen molar-refractivity contribution >= 4 is 5.69 Å². The topological polar surface area (TPSA) is 84.7 Å². The third-order valence-corrected chi connectivity index (χ3v) is 2.35. The van der Waals surface area contributed by atoms with Gasteiger partial charge in [-0.2, -0.15) is 5.10 Å². The number of non-ortho nitro benzene ring substituents is 1. The molecule has 0 atom stereocenters. The average Bonchev–Trinajstić information content (AvgIpc) is 2.78. The molecule has 0 radical (unpaired) electrons. The van der Waals surface area contributed by atoms with E-state index >= 15 is 0 Å². The van der Waals surface area contributed by atoms with Gasteiger partial charge in [-0.1, -0.05) is 6.92 Å². The molecule has 0 aliphatic heterocycles. The van der Waals surface area contributed by atoms with Crippen LogP contribution >= 0.6 is 0 Å². The molecule has 0 fully saturated rings. The number of H-pyrrole nitrogens is 1. The summed E-state index contributed by atoms with van der Waals surface area (Å²) < 4.78 is 0. The Bertz CT molecular complexity index is 519. The molecule has 0 bridgehead atoms. The highest BCUT2D eigenvalue weighted by molar-refractivity contribution is 5.56. The Morgan fingerprint density at radius 1 is 1.35 bits per heavy atom. The van der Waals surface area contributed by atoms with Gasteiger partial charge in [0.2, 0.25) is 0 Å². The van der Waals surface area contributed by atoms with Gasteiger partial charge in [0.15, 0.2) is 5.82 Å². The molecule has 0 aliphatic carbocycles. The molecule has 1 aromatic carbocycles. The fraction of sp³-hybridized carbons (Fsp3) is 0.273. The Hall–Kier alpha value is -2.24. The number of aromatic amines is 1. The molecule has 1 N–H and O–H groups in total. The van der Waals surface area contributed by atoms with Crippen LogP contribution in [-0.2, 0) is 6.42 Å². The largest absolute Gasteiger partial charge is 0.269 e. The van der Waals surface area contributed by atoms with Gasteiger partial charge in [0.1, 0.15) is 5.82 Å². The lowest BCUT2D eigenvalue weighted by atomic mass is 10.2. The second-order valence-corrected chi connectivity index (χ2v) is 3.66. The maximum absolute atomic E-state index is 10.5. The Balaban J connectivity index is 2.23. The summed E-state index contributed by atoms with van der Waals surface area (Å²) in [5.74, 6) is 1.41. The van der Waals surface area contributed by atoms with Crippen LogP contribution in [0, 0.1) is 10.1 Å². The number of aromatic nitrogens is 3.